The summed E-state index contributed by atoms with van der Waals surface area (Å²) in [6, 6.07) is 15.6. The summed E-state index contributed by atoms with van der Waals surface area (Å²) in [5.74, 6) is -0.561. The minimum Gasteiger partial charge on any atom is -0.426 e. The fraction of sp³-hybridized carbons (Fsp3) is 0.190. The van der Waals surface area contributed by atoms with Crippen molar-refractivity contribution in [2.45, 2.75) is 26.3 Å². The Hall–Kier alpha value is -3.41. The van der Waals surface area contributed by atoms with E-state index in [1.807, 2.05) is 37.3 Å². The summed E-state index contributed by atoms with van der Waals surface area (Å²) in [5.41, 5.74) is 0.357. The van der Waals surface area contributed by atoms with Gasteiger partial charge in [-0.2, -0.15) is 0 Å². The van der Waals surface area contributed by atoms with Crippen molar-refractivity contribution in [1.82, 2.24) is 5.32 Å². The molecule has 3 aromatic rings. The number of benzene rings is 2. The van der Waals surface area contributed by atoms with Crippen molar-refractivity contribution in [3.63, 3.8) is 0 Å². The molecule has 1 N–H and O–H groups in total. The number of carbonyl (C=O) groups excluding carboxylic acids is 2. The van der Waals surface area contributed by atoms with E-state index in [0.717, 1.165) is 5.56 Å². The molecule has 0 atom stereocenters. The van der Waals surface area contributed by atoms with Crippen molar-refractivity contribution >= 4 is 22.8 Å². The van der Waals surface area contributed by atoms with Gasteiger partial charge in [-0.05, 0) is 30.2 Å². The van der Waals surface area contributed by atoms with E-state index in [9.17, 15) is 14.4 Å². The molecule has 138 valence electrons. The van der Waals surface area contributed by atoms with Crippen LogP contribution in [-0.2, 0) is 11.3 Å². The Balaban J connectivity index is 1.79. The number of hydrogen-bond acceptors (Lipinski definition) is 5. The minimum absolute atomic E-state index is 0.0749. The number of fused-ring (bicyclic) bond motifs is 1. The second-order valence-electron chi connectivity index (χ2n) is 6.04. The van der Waals surface area contributed by atoms with Gasteiger partial charge in [0.05, 0.1) is 0 Å². The van der Waals surface area contributed by atoms with Gasteiger partial charge in [-0.3, -0.25) is 9.59 Å². The van der Waals surface area contributed by atoms with Crippen molar-refractivity contribution in [3.05, 3.63) is 76.1 Å². The van der Waals surface area contributed by atoms with Crippen LogP contribution in [0.3, 0.4) is 0 Å². The van der Waals surface area contributed by atoms with Crippen LogP contribution in [-0.4, -0.2) is 11.9 Å². The Kier molecular flexibility index (Phi) is 5.66. The Morgan fingerprint density at radius 2 is 1.85 bits per heavy atom. The SMILES string of the molecule is CCCC(=O)Oc1ccc2cc(C(=O)NCc3ccccc3)c(=O)oc2c1. The molecule has 0 unspecified atom stereocenters. The number of amides is 1. The number of carbonyl (C=O) groups is 2. The van der Waals surface area contributed by atoms with Gasteiger partial charge in [0.1, 0.15) is 16.9 Å². The summed E-state index contributed by atoms with van der Waals surface area (Å²) in [6.07, 6.45) is 0.992. The summed E-state index contributed by atoms with van der Waals surface area (Å²) < 4.78 is 10.4. The number of nitrogens with one attached hydrogen (secondary N) is 1. The maximum atomic E-state index is 12.3. The summed E-state index contributed by atoms with van der Waals surface area (Å²) in [4.78, 5) is 36.1. The van der Waals surface area contributed by atoms with E-state index in [1.54, 1.807) is 12.1 Å². The highest BCUT2D eigenvalue weighted by Gasteiger charge is 2.14. The topological polar surface area (TPSA) is 85.6 Å². The number of hydrogen-bond donors (Lipinski definition) is 1. The van der Waals surface area contributed by atoms with Gasteiger partial charge in [-0.15, -0.1) is 0 Å². The molecular formula is C21H19NO5. The standard InChI is InChI=1S/C21H19NO5/c1-2-6-19(23)26-16-10-9-15-11-17(21(25)27-18(15)12-16)20(24)22-13-14-7-4-3-5-8-14/h3-5,7-12H,2,6,13H2,1H3,(H,22,24). The molecule has 0 radical (unpaired) electrons. The van der Waals surface area contributed by atoms with Crippen LogP contribution in [0.4, 0.5) is 0 Å². The molecule has 1 amide bonds. The number of esters is 1. The molecule has 6 heteroatoms. The second kappa shape index (κ2) is 8.31. The Labute approximate surface area is 155 Å². The zero-order chi connectivity index (χ0) is 19.2. The number of ether oxygens (including phenoxy) is 1. The van der Waals surface area contributed by atoms with Crippen LogP contribution in [0.25, 0.3) is 11.0 Å². The van der Waals surface area contributed by atoms with E-state index in [0.29, 0.717) is 30.5 Å². The average Bonchev–Trinajstić information content (AvgIpc) is 2.66. The molecule has 0 aliphatic rings. The molecule has 6 nitrogen and oxygen atoms in total. The third-order valence-corrected chi connectivity index (χ3v) is 3.93. The lowest BCUT2D eigenvalue weighted by Crippen LogP contribution is -2.27. The van der Waals surface area contributed by atoms with Crippen LogP contribution in [0.5, 0.6) is 5.75 Å². The molecule has 0 aliphatic heterocycles. The van der Waals surface area contributed by atoms with E-state index in [2.05, 4.69) is 5.32 Å². The summed E-state index contributed by atoms with van der Waals surface area (Å²) in [5, 5.41) is 3.27. The van der Waals surface area contributed by atoms with Crippen LogP contribution in [0.2, 0.25) is 0 Å². The fourth-order valence-corrected chi connectivity index (χ4v) is 2.57. The zero-order valence-electron chi connectivity index (χ0n) is 14.9. The lowest BCUT2D eigenvalue weighted by Gasteiger charge is -2.07. The maximum Gasteiger partial charge on any atom is 0.349 e. The largest absolute Gasteiger partial charge is 0.426 e. The first kappa shape index (κ1) is 18.4. The van der Waals surface area contributed by atoms with Crippen molar-refractivity contribution < 1.29 is 18.7 Å². The van der Waals surface area contributed by atoms with Crippen molar-refractivity contribution in [3.8, 4) is 5.75 Å². The lowest BCUT2D eigenvalue weighted by atomic mass is 10.1. The van der Waals surface area contributed by atoms with Gasteiger partial charge in [0.25, 0.3) is 5.91 Å². The third kappa shape index (κ3) is 4.61. The molecule has 0 spiro atoms. The van der Waals surface area contributed by atoms with Gasteiger partial charge >= 0.3 is 11.6 Å². The van der Waals surface area contributed by atoms with Gasteiger partial charge in [-0.1, -0.05) is 37.3 Å². The second-order valence-corrected chi connectivity index (χ2v) is 6.04. The van der Waals surface area contributed by atoms with Crippen molar-refractivity contribution in [1.29, 1.82) is 0 Å². The normalized spacial score (nSPS) is 10.6. The molecule has 3 rings (SSSR count). The molecule has 2 aromatic carbocycles. The molecule has 0 bridgehead atoms. The number of rotatable bonds is 6. The lowest BCUT2D eigenvalue weighted by molar-refractivity contribution is -0.134. The average molecular weight is 365 g/mol. The highest BCUT2D eigenvalue weighted by Crippen LogP contribution is 2.21. The molecular weight excluding hydrogens is 346 g/mol. The van der Waals surface area contributed by atoms with E-state index < -0.39 is 11.5 Å². The summed E-state index contributed by atoms with van der Waals surface area (Å²) in [7, 11) is 0. The highest BCUT2D eigenvalue weighted by atomic mass is 16.5. The first-order valence-electron chi connectivity index (χ1n) is 8.67. The maximum absolute atomic E-state index is 12.3. The molecule has 27 heavy (non-hydrogen) atoms. The van der Waals surface area contributed by atoms with Crippen LogP contribution in [0.15, 0.2) is 63.8 Å². The van der Waals surface area contributed by atoms with Gasteiger partial charge < -0.3 is 14.5 Å². The third-order valence-electron chi connectivity index (χ3n) is 3.93. The highest BCUT2D eigenvalue weighted by molar-refractivity contribution is 5.96. The van der Waals surface area contributed by atoms with Crippen LogP contribution in [0.1, 0.15) is 35.7 Å². The molecule has 1 heterocycles. The smallest absolute Gasteiger partial charge is 0.349 e. The van der Waals surface area contributed by atoms with Gasteiger partial charge in [0.2, 0.25) is 0 Å². The summed E-state index contributed by atoms with van der Waals surface area (Å²) in [6.45, 7) is 2.19. The fourth-order valence-electron chi connectivity index (χ4n) is 2.57. The van der Waals surface area contributed by atoms with Crippen LogP contribution < -0.4 is 15.7 Å². The van der Waals surface area contributed by atoms with Gasteiger partial charge in [0.15, 0.2) is 0 Å². The Morgan fingerprint density at radius 1 is 1.07 bits per heavy atom. The zero-order valence-corrected chi connectivity index (χ0v) is 14.9. The molecule has 0 saturated carbocycles. The minimum atomic E-state index is -0.745. The molecule has 1 aromatic heterocycles. The predicted octanol–water partition coefficient (Wildman–Crippen LogP) is 3.43. The summed E-state index contributed by atoms with van der Waals surface area (Å²) >= 11 is 0. The first-order chi connectivity index (χ1) is 13.1. The van der Waals surface area contributed by atoms with E-state index in [-0.39, 0.29) is 17.1 Å². The Bertz CT molecular complexity index is 1020. The van der Waals surface area contributed by atoms with Crippen LogP contribution in [0, 0.1) is 0 Å². The van der Waals surface area contributed by atoms with Gasteiger partial charge in [-0.25, -0.2) is 4.79 Å². The van der Waals surface area contributed by atoms with E-state index in [1.165, 1.54) is 12.1 Å². The van der Waals surface area contributed by atoms with E-state index in [4.69, 9.17) is 9.15 Å². The quantitative estimate of drug-likeness (QED) is 0.411. The van der Waals surface area contributed by atoms with Crippen LogP contribution >= 0.6 is 0 Å². The van der Waals surface area contributed by atoms with Crippen molar-refractivity contribution in [2.24, 2.45) is 0 Å². The monoisotopic (exact) mass is 365 g/mol. The Morgan fingerprint density at radius 3 is 2.59 bits per heavy atom. The first-order valence-corrected chi connectivity index (χ1v) is 8.67. The van der Waals surface area contributed by atoms with E-state index >= 15 is 0 Å². The molecule has 0 saturated heterocycles. The van der Waals surface area contributed by atoms with Gasteiger partial charge in [0, 0.05) is 24.4 Å². The predicted molar refractivity (Wildman–Crippen MR) is 101 cm³/mol. The van der Waals surface area contributed by atoms with Crippen molar-refractivity contribution in [2.75, 3.05) is 0 Å². The molecule has 0 aliphatic carbocycles. The molecule has 0 fully saturated rings.